The Morgan fingerprint density at radius 3 is 2.73 bits per heavy atom. The lowest BCUT2D eigenvalue weighted by molar-refractivity contribution is -0.123. The molecule has 3 unspecified atom stereocenters. The Hall–Kier alpha value is -0.320. The molecule has 0 aromatic carbocycles. The number of aliphatic hydroxyl groups is 1. The highest BCUT2D eigenvalue weighted by atomic mass is 35.5. The summed E-state index contributed by atoms with van der Waals surface area (Å²) in [6.07, 6.45) is 1.99. The first-order valence-corrected chi connectivity index (χ1v) is 5.29. The zero-order chi connectivity index (χ0) is 10.6. The zero-order valence-corrected chi connectivity index (χ0v) is 10.1. The summed E-state index contributed by atoms with van der Waals surface area (Å²) in [6.45, 7) is 4.89. The van der Waals surface area contributed by atoms with E-state index in [1.807, 2.05) is 13.8 Å². The molecule has 3 atom stereocenters. The molecule has 1 rings (SSSR count). The molecular weight excluding hydrogens is 216 g/mol. The van der Waals surface area contributed by atoms with Gasteiger partial charge in [0.1, 0.15) is 0 Å². The summed E-state index contributed by atoms with van der Waals surface area (Å²) < 4.78 is 0. The number of hydrogen-bond donors (Lipinski definition) is 3. The first-order valence-electron chi connectivity index (χ1n) is 5.29. The summed E-state index contributed by atoms with van der Waals surface area (Å²) in [5, 5.41) is 15.0. The molecule has 1 saturated heterocycles. The van der Waals surface area contributed by atoms with Crippen LogP contribution in [0.1, 0.15) is 26.7 Å². The van der Waals surface area contributed by atoms with Gasteiger partial charge < -0.3 is 15.7 Å². The van der Waals surface area contributed by atoms with E-state index in [-0.39, 0.29) is 42.9 Å². The van der Waals surface area contributed by atoms with E-state index >= 15 is 0 Å². The maximum Gasteiger partial charge on any atom is 0.237 e. The van der Waals surface area contributed by atoms with Crippen molar-refractivity contribution in [1.82, 2.24) is 10.6 Å². The highest BCUT2D eigenvalue weighted by Crippen LogP contribution is 2.07. The molecule has 0 spiro atoms. The monoisotopic (exact) mass is 236 g/mol. The van der Waals surface area contributed by atoms with Gasteiger partial charge in [-0.25, -0.2) is 0 Å². The first-order chi connectivity index (χ1) is 6.65. The topological polar surface area (TPSA) is 61.4 Å². The summed E-state index contributed by atoms with van der Waals surface area (Å²) in [7, 11) is 0. The van der Waals surface area contributed by atoms with Crippen molar-refractivity contribution in [3.8, 4) is 0 Å². The molecule has 1 heterocycles. The molecule has 0 aromatic rings. The van der Waals surface area contributed by atoms with Crippen molar-refractivity contribution in [1.29, 1.82) is 0 Å². The van der Waals surface area contributed by atoms with E-state index in [1.54, 1.807) is 0 Å². The number of nitrogens with one attached hydrogen (secondary N) is 2. The minimum Gasteiger partial charge on any atom is -0.396 e. The van der Waals surface area contributed by atoms with E-state index in [2.05, 4.69) is 10.6 Å². The van der Waals surface area contributed by atoms with Gasteiger partial charge in [-0.2, -0.15) is 0 Å². The molecule has 1 aliphatic rings. The number of halogens is 1. The molecule has 15 heavy (non-hydrogen) atoms. The lowest BCUT2D eigenvalue weighted by Gasteiger charge is -2.21. The molecular formula is C10H21ClN2O2. The van der Waals surface area contributed by atoms with Crippen LogP contribution in [-0.2, 0) is 4.79 Å². The van der Waals surface area contributed by atoms with Gasteiger partial charge in [0.15, 0.2) is 0 Å². The standard InChI is InChI=1S/C10H20N2O2.ClH/c1-7(6-13)8(2)12-10(14)9-4-3-5-11-9;/h7-9,11,13H,3-6H2,1-2H3,(H,12,14);1H. The number of rotatable bonds is 4. The lowest BCUT2D eigenvalue weighted by atomic mass is 10.0. The fraction of sp³-hybridized carbons (Fsp3) is 0.900. The predicted molar refractivity (Wildman–Crippen MR) is 62.1 cm³/mol. The zero-order valence-electron chi connectivity index (χ0n) is 9.32. The van der Waals surface area contributed by atoms with Crippen LogP contribution in [0.5, 0.6) is 0 Å². The number of aliphatic hydroxyl groups excluding tert-OH is 1. The Balaban J connectivity index is 0.00000196. The molecule has 5 heteroatoms. The summed E-state index contributed by atoms with van der Waals surface area (Å²) in [4.78, 5) is 11.6. The average molecular weight is 237 g/mol. The van der Waals surface area contributed by atoms with Gasteiger partial charge in [-0.15, -0.1) is 12.4 Å². The maximum atomic E-state index is 11.6. The van der Waals surface area contributed by atoms with Gasteiger partial charge in [0.25, 0.3) is 0 Å². The number of hydrogen-bond acceptors (Lipinski definition) is 3. The first kappa shape index (κ1) is 14.7. The van der Waals surface area contributed by atoms with E-state index in [0.717, 1.165) is 19.4 Å². The molecule has 0 saturated carbocycles. The van der Waals surface area contributed by atoms with E-state index < -0.39 is 0 Å². The van der Waals surface area contributed by atoms with E-state index in [9.17, 15) is 4.79 Å². The van der Waals surface area contributed by atoms with Crippen LogP contribution in [0, 0.1) is 5.92 Å². The van der Waals surface area contributed by atoms with Crippen molar-refractivity contribution in [3.05, 3.63) is 0 Å². The molecule has 90 valence electrons. The fourth-order valence-corrected chi connectivity index (χ4v) is 1.53. The van der Waals surface area contributed by atoms with E-state index in [0.29, 0.717) is 0 Å². The molecule has 3 N–H and O–H groups in total. The van der Waals surface area contributed by atoms with Crippen molar-refractivity contribution in [2.24, 2.45) is 5.92 Å². The van der Waals surface area contributed by atoms with Crippen LogP contribution in [0.4, 0.5) is 0 Å². The second kappa shape index (κ2) is 7.04. The molecule has 1 aliphatic heterocycles. The second-order valence-electron chi connectivity index (χ2n) is 4.11. The molecule has 1 amide bonds. The van der Waals surface area contributed by atoms with Crippen molar-refractivity contribution >= 4 is 18.3 Å². The van der Waals surface area contributed by atoms with Crippen molar-refractivity contribution in [3.63, 3.8) is 0 Å². The van der Waals surface area contributed by atoms with Gasteiger partial charge in [-0.05, 0) is 32.2 Å². The Morgan fingerprint density at radius 1 is 1.60 bits per heavy atom. The highest BCUT2D eigenvalue weighted by Gasteiger charge is 2.24. The molecule has 0 aliphatic carbocycles. The average Bonchev–Trinajstić information content (AvgIpc) is 2.69. The Labute approximate surface area is 97.2 Å². The molecule has 0 aromatic heterocycles. The smallest absolute Gasteiger partial charge is 0.237 e. The summed E-state index contributed by atoms with van der Waals surface area (Å²) in [6, 6.07) is 0.0123. The van der Waals surface area contributed by atoms with Gasteiger partial charge in [-0.3, -0.25) is 4.79 Å². The molecule has 1 fully saturated rings. The van der Waals surface area contributed by atoms with Gasteiger partial charge in [-0.1, -0.05) is 6.92 Å². The van der Waals surface area contributed by atoms with Gasteiger partial charge in [0.05, 0.1) is 6.04 Å². The number of carbonyl (C=O) groups excluding carboxylic acids is 1. The predicted octanol–water partition coefficient (Wildman–Crippen LogP) is 0.293. The van der Waals surface area contributed by atoms with Crippen molar-refractivity contribution in [2.75, 3.05) is 13.2 Å². The Kier molecular flexibility index (Phi) is 6.89. The largest absolute Gasteiger partial charge is 0.396 e. The van der Waals surface area contributed by atoms with Crippen LogP contribution in [0.3, 0.4) is 0 Å². The van der Waals surface area contributed by atoms with Gasteiger partial charge in [0, 0.05) is 12.6 Å². The van der Waals surface area contributed by atoms with Crippen LogP contribution < -0.4 is 10.6 Å². The number of amides is 1. The highest BCUT2D eigenvalue weighted by molar-refractivity contribution is 5.85. The summed E-state index contributed by atoms with van der Waals surface area (Å²) in [5.74, 6) is 0.177. The summed E-state index contributed by atoms with van der Waals surface area (Å²) >= 11 is 0. The second-order valence-corrected chi connectivity index (χ2v) is 4.11. The van der Waals surface area contributed by atoms with Crippen LogP contribution in [0.15, 0.2) is 0 Å². The SMILES string of the molecule is CC(CO)C(C)NC(=O)C1CCCN1.Cl. The van der Waals surface area contributed by atoms with Crippen molar-refractivity contribution in [2.45, 2.75) is 38.8 Å². The van der Waals surface area contributed by atoms with E-state index in [1.165, 1.54) is 0 Å². The minimum absolute atomic E-state index is 0. The third kappa shape index (κ3) is 4.36. The van der Waals surface area contributed by atoms with Crippen LogP contribution in [0.2, 0.25) is 0 Å². The summed E-state index contributed by atoms with van der Waals surface area (Å²) in [5.41, 5.74) is 0. The van der Waals surface area contributed by atoms with Gasteiger partial charge in [0.2, 0.25) is 5.91 Å². The fourth-order valence-electron chi connectivity index (χ4n) is 1.53. The van der Waals surface area contributed by atoms with E-state index in [4.69, 9.17) is 5.11 Å². The van der Waals surface area contributed by atoms with Gasteiger partial charge >= 0.3 is 0 Å². The molecule has 0 bridgehead atoms. The normalized spacial score (nSPS) is 24.1. The minimum atomic E-state index is -0.0247. The third-order valence-electron chi connectivity index (χ3n) is 2.89. The maximum absolute atomic E-state index is 11.6. The quantitative estimate of drug-likeness (QED) is 0.658. The molecule has 4 nitrogen and oxygen atoms in total. The van der Waals surface area contributed by atoms with Crippen LogP contribution in [0.25, 0.3) is 0 Å². The number of carbonyl (C=O) groups is 1. The Bertz CT molecular complexity index is 196. The Morgan fingerprint density at radius 2 is 2.27 bits per heavy atom. The van der Waals surface area contributed by atoms with Crippen LogP contribution in [-0.4, -0.2) is 36.2 Å². The van der Waals surface area contributed by atoms with Crippen LogP contribution >= 0.6 is 12.4 Å². The lowest BCUT2D eigenvalue weighted by Crippen LogP contribution is -2.46. The molecule has 0 radical (unpaired) electrons. The van der Waals surface area contributed by atoms with Crippen molar-refractivity contribution < 1.29 is 9.90 Å². The third-order valence-corrected chi connectivity index (χ3v) is 2.89.